The van der Waals surface area contributed by atoms with Gasteiger partial charge in [0.25, 0.3) is 0 Å². The first-order chi connectivity index (χ1) is 17.0. The predicted molar refractivity (Wildman–Crippen MR) is 123 cm³/mol. The summed E-state index contributed by atoms with van der Waals surface area (Å²) in [5, 5.41) is 34.7. The number of aromatic amines is 1. The number of hydrogen-bond donors (Lipinski definition) is 8. The van der Waals surface area contributed by atoms with E-state index in [1.165, 1.54) is 43.7 Å². The molecule has 194 valence electrons. The van der Waals surface area contributed by atoms with E-state index in [-0.39, 0.29) is 18.6 Å². The highest BCUT2D eigenvalue weighted by Crippen LogP contribution is 2.12. The number of nitrogens with two attached hydrogens (primary N) is 1. The number of phenolic OH excluding ortho intramolecular Hbond substituents is 1. The van der Waals surface area contributed by atoms with E-state index in [0.29, 0.717) is 11.3 Å². The van der Waals surface area contributed by atoms with E-state index in [9.17, 15) is 29.1 Å². The molecule has 0 saturated carbocycles. The van der Waals surface area contributed by atoms with Gasteiger partial charge >= 0.3 is 11.9 Å². The number of carboxylic acids is 2. The molecule has 0 aliphatic carbocycles. The molecule has 14 nitrogen and oxygen atoms in total. The van der Waals surface area contributed by atoms with E-state index in [0.717, 1.165) is 0 Å². The molecule has 0 spiro atoms. The Hall–Kier alpha value is -4.46. The number of carbonyl (C=O) groups excluding carboxylic acids is 3. The number of aliphatic carboxylic acids is 2. The molecule has 2 aromatic rings. The molecule has 1 aromatic heterocycles. The Kier molecular flexibility index (Phi) is 9.92. The first-order valence-electron chi connectivity index (χ1n) is 10.8. The van der Waals surface area contributed by atoms with Crippen LogP contribution in [0.5, 0.6) is 5.75 Å². The zero-order chi connectivity index (χ0) is 26.8. The highest BCUT2D eigenvalue weighted by atomic mass is 16.4. The number of carbonyl (C=O) groups is 5. The smallest absolute Gasteiger partial charge is 0.325 e. The molecule has 0 radical (unpaired) electrons. The van der Waals surface area contributed by atoms with Gasteiger partial charge in [0, 0.05) is 24.7 Å². The maximum absolute atomic E-state index is 13.2. The van der Waals surface area contributed by atoms with Crippen LogP contribution in [-0.2, 0) is 36.8 Å². The standard InChI is InChI=1S/C22H28N6O8/c1-11(22(35)36)26-20(33)16(6-12-2-4-14(29)5-3-12)28-21(34)17(7-13-9-24-10-25-13)27-19(32)15(23)8-18(30)31/h2-5,9-11,15-17,29H,6-8,23H2,1H3,(H,24,25)(H,26,33)(H,27,32)(H,28,34)(H,30,31)(H,35,36). The summed E-state index contributed by atoms with van der Waals surface area (Å²) in [4.78, 5) is 67.1. The fourth-order valence-electron chi connectivity index (χ4n) is 3.11. The summed E-state index contributed by atoms with van der Waals surface area (Å²) in [5.41, 5.74) is 6.61. The first kappa shape index (κ1) is 27.8. The Morgan fingerprint density at radius 1 is 0.944 bits per heavy atom. The Balaban J connectivity index is 2.25. The van der Waals surface area contributed by atoms with Crippen molar-refractivity contribution in [3.63, 3.8) is 0 Å². The minimum absolute atomic E-state index is 0.0108. The van der Waals surface area contributed by atoms with Gasteiger partial charge in [0.15, 0.2) is 0 Å². The normalized spacial score (nSPS) is 14.1. The van der Waals surface area contributed by atoms with E-state index in [2.05, 4.69) is 25.9 Å². The molecule has 0 saturated heterocycles. The molecule has 2 rings (SSSR count). The minimum Gasteiger partial charge on any atom is -0.508 e. The van der Waals surface area contributed by atoms with Crippen LogP contribution in [0.3, 0.4) is 0 Å². The molecule has 9 N–H and O–H groups in total. The van der Waals surface area contributed by atoms with Crippen molar-refractivity contribution in [2.45, 2.75) is 50.4 Å². The van der Waals surface area contributed by atoms with Crippen LogP contribution in [0.25, 0.3) is 0 Å². The van der Waals surface area contributed by atoms with E-state index < -0.39 is 60.2 Å². The topological polar surface area (TPSA) is 237 Å². The number of H-pyrrole nitrogens is 1. The highest BCUT2D eigenvalue weighted by Gasteiger charge is 2.30. The van der Waals surface area contributed by atoms with Crippen molar-refractivity contribution in [1.82, 2.24) is 25.9 Å². The van der Waals surface area contributed by atoms with Crippen molar-refractivity contribution in [1.29, 1.82) is 0 Å². The van der Waals surface area contributed by atoms with Crippen LogP contribution in [-0.4, -0.2) is 79.1 Å². The van der Waals surface area contributed by atoms with Gasteiger partial charge in [-0.15, -0.1) is 0 Å². The summed E-state index contributed by atoms with van der Waals surface area (Å²) in [5.74, 6) is -5.08. The molecule has 0 fully saturated rings. The lowest BCUT2D eigenvalue weighted by Crippen LogP contribution is -2.58. The zero-order valence-corrected chi connectivity index (χ0v) is 19.3. The average molecular weight is 505 g/mol. The lowest BCUT2D eigenvalue weighted by Gasteiger charge is -2.24. The fourth-order valence-corrected chi connectivity index (χ4v) is 3.11. The molecule has 3 amide bonds. The minimum atomic E-state index is -1.42. The number of phenols is 1. The number of nitrogens with one attached hydrogen (secondary N) is 4. The SMILES string of the molecule is CC(NC(=O)C(Cc1ccc(O)cc1)NC(=O)C(Cc1cnc[nH]1)NC(=O)C(N)CC(=O)O)C(=O)O. The van der Waals surface area contributed by atoms with Gasteiger partial charge in [0.1, 0.15) is 23.9 Å². The van der Waals surface area contributed by atoms with Gasteiger partial charge in [-0.25, -0.2) is 4.98 Å². The molecule has 4 unspecified atom stereocenters. The first-order valence-corrected chi connectivity index (χ1v) is 10.8. The van der Waals surface area contributed by atoms with E-state index >= 15 is 0 Å². The van der Waals surface area contributed by atoms with Crippen LogP contribution in [0.15, 0.2) is 36.8 Å². The van der Waals surface area contributed by atoms with Crippen molar-refractivity contribution < 1.29 is 39.3 Å². The monoisotopic (exact) mass is 504 g/mol. The number of imidazole rings is 1. The maximum atomic E-state index is 13.2. The Morgan fingerprint density at radius 2 is 1.53 bits per heavy atom. The summed E-state index contributed by atoms with van der Waals surface area (Å²) in [6.45, 7) is 1.25. The number of benzene rings is 1. The number of aromatic nitrogens is 2. The second-order valence-corrected chi connectivity index (χ2v) is 8.05. The second-order valence-electron chi connectivity index (χ2n) is 8.05. The van der Waals surface area contributed by atoms with E-state index in [1.807, 2.05) is 0 Å². The molecule has 1 aromatic carbocycles. The Labute approximate surface area is 205 Å². The Bertz CT molecular complexity index is 1070. The lowest BCUT2D eigenvalue weighted by molar-refractivity contribution is -0.141. The molecular formula is C22H28N6O8. The molecule has 36 heavy (non-hydrogen) atoms. The molecule has 0 aliphatic rings. The number of nitrogens with zero attached hydrogens (tertiary/aromatic N) is 1. The van der Waals surface area contributed by atoms with E-state index in [4.69, 9.17) is 15.9 Å². The maximum Gasteiger partial charge on any atom is 0.325 e. The number of hydrogen-bond acceptors (Lipinski definition) is 8. The molecule has 14 heteroatoms. The summed E-state index contributed by atoms with van der Waals surface area (Å²) in [6, 6.07) is 0.628. The number of aromatic hydroxyl groups is 1. The summed E-state index contributed by atoms with van der Waals surface area (Å²) >= 11 is 0. The summed E-state index contributed by atoms with van der Waals surface area (Å²) < 4.78 is 0. The van der Waals surface area contributed by atoms with Gasteiger partial charge in [-0.1, -0.05) is 12.1 Å². The van der Waals surface area contributed by atoms with Crippen LogP contribution in [0, 0.1) is 0 Å². The van der Waals surface area contributed by atoms with Crippen LogP contribution < -0.4 is 21.7 Å². The van der Waals surface area contributed by atoms with Crippen molar-refractivity contribution in [2.75, 3.05) is 0 Å². The van der Waals surface area contributed by atoms with Crippen LogP contribution >= 0.6 is 0 Å². The van der Waals surface area contributed by atoms with Gasteiger partial charge in [0.2, 0.25) is 17.7 Å². The third-order valence-corrected chi connectivity index (χ3v) is 5.08. The molecule has 0 bridgehead atoms. The molecule has 4 atom stereocenters. The largest absolute Gasteiger partial charge is 0.508 e. The zero-order valence-electron chi connectivity index (χ0n) is 19.3. The van der Waals surface area contributed by atoms with Gasteiger partial charge in [0.05, 0.1) is 18.8 Å². The third-order valence-electron chi connectivity index (χ3n) is 5.08. The van der Waals surface area contributed by atoms with Gasteiger partial charge in [-0.05, 0) is 24.6 Å². The summed E-state index contributed by atoms with van der Waals surface area (Å²) in [6.07, 6.45) is 1.96. The third kappa shape index (κ3) is 8.72. The molecule has 1 heterocycles. The van der Waals surface area contributed by atoms with Gasteiger partial charge in [-0.3, -0.25) is 24.0 Å². The van der Waals surface area contributed by atoms with Crippen molar-refractivity contribution in [3.8, 4) is 5.75 Å². The van der Waals surface area contributed by atoms with E-state index in [1.54, 1.807) is 0 Å². The van der Waals surface area contributed by atoms with Crippen LogP contribution in [0.2, 0.25) is 0 Å². The predicted octanol–water partition coefficient (Wildman–Crippen LogP) is -1.74. The quantitative estimate of drug-likeness (QED) is 0.153. The Morgan fingerprint density at radius 3 is 2.08 bits per heavy atom. The van der Waals surface area contributed by atoms with Crippen molar-refractivity contribution in [2.24, 2.45) is 5.73 Å². The molecule has 0 aliphatic heterocycles. The fraction of sp³-hybridized carbons (Fsp3) is 0.364. The summed E-state index contributed by atoms with van der Waals surface area (Å²) in [7, 11) is 0. The number of rotatable bonds is 13. The lowest BCUT2D eigenvalue weighted by atomic mass is 10.0. The van der Waals surface area contributed by atoms with Crippen LogP contribution in [0.4, 0.5) is 0 Å². The number of amides is 3. The van der Waals surface area contributed by atoms with Gasteiger partial charge in [-0.2, -0.15) is 0 Å². The number of carboxylic acid groups (broad SMARTS) is 2. The second kappa shape index (κ2) is 12.9. The van der Waals surface area contributed by atoms with Gasteiger partial charge < -0.3 is 42.0 Å². The highest BCUT2D eigenvalue weighted by molar-refractivity contribution is 5.95. The van der Waals surface area contributed by atoms with Crippen molar-refractivity contribution in [3.05, 3.63) is 48.0 Å². The van der Waals surface area contributed by atoms with Crippen LogP contribution in [0.1, 0.15) is 24.6 Å². The molecular weight excluding hydrogens is 476 g/mol. The van der Waals surface area contributed by atoms with Crippen molar-refractivity contribution >= 4 is 29.7 Å². The average Bonchev–Trinajstić information content (AvgIpc) is 3.32.